The van der Waals surface area contributed by atoms with Gasteiger partial charge in [-0.3, -0.25) is 4.79 Å². The zero-order chi connectivity index (χ0) is 27.9. The minimum Gasteiger partial charge on any atom is -0.493 e. The minimum atomic E-state index is -0.297. The van der Waals surface area contributed by atoms with Crippen molar-refractivity contribution in [3.05, 3.63) is 124 Å². The Labute approximate surface area is 247 Å². The van der Waals surface area contributed by atoms with E-state index in [1.165, 1.54) is 0 Å². The third-order valence-corrected chi connectivity index (χ3v) is 7.13. The van der Waals surface area contributed by atoms with Gasteiger partial charge in [-0.25, -0.2) is 5.43 Å². The lowest BCUT2D eigenvalue weighted by Gasteiger charge is -2.15. The van der Waals surface area contributed by atoms with Crippen molar-refractivity contribution < 1.29 is 14.3 Å². The van der Waals surface area contributed by atoms with Crippen LogP contribution in [0.1, 0.15) is 22.8 Å². The van der Waals surface area contributed by atoms with Crippen LogP contribution >= 0.6 is 22.6 Å². The van der Waals surface area contributed by atoms with Crippen molar-refractivity contribution in [2.45, 2.75) is 6.92 Å². The van der Waals surface area contributed by atoms with Crippen LogP contribution in [0.2, 0.25) is 0 Å². The highest BCUT2D eigenvalue weighted by Gasteiger charge is 2.15. The molecule has 1 heterocycles. The van der Waals surface area contributed by atoms with Gasteiger partial charge >= 0.3 is 0 Å². The van der Waals surface area contributed by atoms with Crippen molar-refractivity contribution in [2.24, 2.45) is 5.10 Å². The molecule has 0 aliphatic rings. The number of nitrogens with one attached hydrogen (secondary N) is 1. The van der Waals surface area contributed by atoms with Gasteiger partial charge in [-0.1, -0.05) is 60.7 Å². The van der Waals surface area contributed by atoms with E-state index in [-0.39, 0.29) is 5.91 Å². The molecule has 0 radical (unpaired) electrons. The Kier molecular flexibility index (Phi) is 8.61. The Hall–Kier alpha value is -4.37. The molecule has 1 aromatic heterocycles. The molecule has 5 aromatic rings. The SMILES string of the molecule is CCOc1c(I)cc(/C=N\NC(=O)c2ccc(-n3c(-c4ccccc4)ccc3-c3ccccc3)cc2)cc1OC. The van der Waals surface area contributed by atoms with Crippen molar-refractivity contribution in [3.63, 3.8) is 0 Å². The van der Waals surface area contributed by atoms with E-state index in [0.717, 1.165) is 37.3 Å². The summed E-state index contributed by atoms with van der Waals surface area (Å²) in [6, 6.07) is 36.1. The van der Waals surface area contributed by atoms with E-state index >= 15 is 0 Å². The van der Waals surface area contributed by atoms with Crippen LogP contribution in [0, 0.1) is 3.57 Å². The largest absolute Gasteiger partial charge is 0.493 e. The summed E-state index contributed by atoms with van der Waals surface area (Å²) in [5.74, 6) is 1.02. The zero-order valence-electron chi connectivity index (χ0n) is 22.2. The van der Waals surface area contributed by atoms with Crippen LogP contribution in [-0.2, 0) is 0 Å². The molecule has 0 spiro atoms. The summed E-state index contributed by atoms with van der Waals surface area (Å²) in [5, 5.41) is 4.16. The van der Waals surface area contributed by atoms with Gasteiger partial charge in [0.15, 0.2) is 11.5 Å². The molecule has 0 fully saturated rings. The normalized spacial score (nSPS) is 11.0. The molecule has 7 heteroatoms. The molecule has 6 nitrogen and oxygen atoms in total. The highest BCUT2D eigenvalue weighted by atomic mass is 127. The average Bonchev–Trinajstić information content (AvgIpc) is 3.44. The van der Waals surface area contributed by atoms with Crippen LogP contribution in [0.3, 0.4) is 0 Å². The Morgan fingerprint density at radius 2 is 1.48 bits per heavy atom. The van der Waals surface area contributed by atoms with E-state index in [1.54, 1.807) is 13.3 Å². The topological polar surface area (TPSA) is 64.8 Å². The molecule has 0 aliphatic heterocycles. The minimum absolute atomic E-state index is 0.297. The summed E-state index contributed by atoms with van der Waals surface area (Å²) in [6.45, 7) is 2.47. The van der Waals surface area contributed by atoms with E-state index in [2.05, 4.69) is 74.1 Å². The summed E-state index contributed by atoms with van der Waals surface area (Å²) >= 11 is 2.20. The van der Waals surface area contributed by atoms with E-state index in [9.17, 15) is 4.79 Å². The van der Waals surface area contributed by atoms with Gasteiger partial charge in [0.25, 0.3) is 5.91 Å². The number of carbonyl (C=O) groups excluding carboxylic acids is 1. The van der Waals surface area contributed by atoms with Crippen molar-refractivity contribution in [1.82, 2.24) is 9.99 Å². The number of aromatic nitrogens is 1. The molecule has 5 rings (SSSR count). The van der Waals surface area contributed by atoms with Crippen LogP contribution in [-0.4, -0.2) is 30.4 Å². The second-order valence-electron chi connectivity index (χ2n) is 8.88. The van der Waals surface area contributed by atoms with Gasteiger partial charge in [-0.2, -0.15) is 5.10 Å². The predicted molar refractivity (Wildman–Crippen MR) is 169 cm³/mol. The first-order valence-electron chi connectivity index (χ1n) is 12.9. The fourth-order valence-electron chi connectivity index (χ4n) is 4.47. The molecule has 0 aliphatic carbocycles. The lowest BCUT2D eigenvalue weighted by atomic mass is 10.1. The van der Waals surface area contributed by atoms with Crippen molar-refractivity contribution >= 4 is 34.7 Å². The number of hydrogen-bond donors (Lipinski definition) is 1. The van der Waals surface area contributed by atoms with Gasteiger partial charge in [0, 0.05) is 11.3 Å². The van der Waals surface area contributed by atoms with E-state index in [0.29, 0.717) is 23.7 Å². The number of hydrazone groups is 1. The summed E-state index contributed by atoms with van der Waals surface area (Å²) in [6.07, 6.45) is 1.59. The maximum Gasteiger partial charge on any atom is 0.271 e. The standard InChI is InChI=1S/C33H28IN3O3/c1-3-40-32-28(34)20-23(21-31(32)39-2)22-35-36-33(38)26-14-16-27(17-15-26)37-29(24-10-6-4-7-11-24)18-19-30(37)25-12-8-5-9-13-25/h4-22H,3H2,1-2H3,(H,36,38)/b35-22-. The second-order valence-corrected chi connectivity index (χ2v) is 10.0. The highest BCUT2D eigenvalue weighted by molar-refractivity contribution is 14.1. The number of ether oxygens (including phenoxy) is 2. The Morgan fingerprint density at radius 1 is 0.875 bits per heavy atom. The van der Waals surface area contributed by atoms with Gasteiger partial charge in [0.05, 0.1) is 34.9 Å². The Balaban J connectivity index is 1.38. The van der Waals surface area contributed by atoms with Crippen LogP contribution in [0.15, 0.2) is 114 Å². The van der Waals surface area contributed by atoms with Gasteiger partial charge < -0.3 is 14.0 Å². The number of methoxy groups -OCH3 is 1. The third-order valence-electron chi connectivity index (χ3n) is 6.33. The third kappa shape index (κ3) is 5.94. The van der Waals surface area contributed by atoms with E-state index < -0.39 is 0 Å². The number of hydrogen-bond acceptors (Lipinski definition) is 4. The average molecular weight is 642 g/mol. The first kappa shape index (κ1) is 27.2. The first-order valence-corrected chi connectivity index (χ1v) is 13.9. The molecular formula is C33H28IN3O3. The molecule has 0 saturated heterocycles. The van der Waals surface area contributed by atoms with Gasteiger partial charge in [0.1, 0.15) is 0 Å². The first-order chi connectivity index (χ1) is 19.6. The number of nitrogens with zero attached hydrogens (tertiary/aromatic N) is 2. The monoisotopic (exact) mass is 641 g/mol. The van der Waals surface area contributed by atoms with Gasteiger partial charge in [0.2, 0.25) is 0 Å². The molecule has 0 bridgehead atoms. The maximum atomic E-state index is 12.9. The van der Waals surface area contributed by atoms with E-state index in [4.69, 9.17) is 9.47 Å². The number of benzene rings is 4. The Morgan fingerprint density at radius 3 is 2.02 bits per heavy atom. The number of halogens is 1. The fraction of sp³-hybridized carbons (Fsp3) is 0.0909. The van der Waals surface area contributed by atoms with Crippen LogP contribution in [0.25, 0.3) is 28.2 Å². The smallest absolute Gasteiger partial charge is 0.271 e. The fourth-order valence-corrected chi connectivity index (χ4v) is 5.26. The molecule has 0 atom stereocenters. The van der Waals surface area contributed by atoms with Gasteiger partial charge in [-0.05, 0) is 94.7 Å². The number of rotatable bonds is 9. The lowest BCUT2D eigenvalue weighted by Crippen LogP contribution is -2.17. The number of carbonyl (C=O) groups is 1. The molecule has 0 unspecified atom stereocenters. The van der Waals surface area contributed by atoms with Gasteiger partial charge in [-0.15, -0.1) is 0 Å². The summed E-state index contributed by atoms with van der Waals surface area (Å²) < 4.78 is 14.2. The Bertz CT molecular complexity index is 1570. The van der Waals surface area contributed by atoms with E-state index in [1.807, 2.05) is 79.7 Å². The summed E-state index contributed by atoms with van der Waals surface area (Å²) in [4.78, 5) is 12.9. The van der Waals surface area contributed by atoms with Crippen molar-refractivity contribution in [1.29, 1.82) is 0 Å². The maximum absolute atomic E-state index is 12.9. The zero-order valence-corrected chi connectivity index (χ0v) is 24.3. The lowest BCUT2D eigenvalue weighted by molar-refractivity contribution is 0.0955. The molecule has 4 aromatic carbocycles. The second kappa shape index (κ2) is 12.7. The van der Waals surface area contributed by atoms with Crippen molar-refractivity contribution in [3.8, 4) is 39.7 Å². The summed E-state index contributed by atoms with van der Waals surface area (Å²) in [7, 11) is 1.60. The molecule has 200 valence electrons. The quantitative estimate of drug-likeness (QED) is 0.103. The number of amides is 1. The summed E-state index contributed by atoms with van der Waals surface area (Å²) in [5.41, 5.74) is 9.24. The van der Waals surface area contributed by atoms with Crippen molar-refractivity contribution in [2.75, 3.05) is 13.7 Å². The van der Waals surface area contributed by atoms with Crippen LogP contribution in [0.5, 0.6) is 11.5 Å². The molecular weight excluding hydrogens is 613 g/mol. The molecule has 0 saturated carbocycles. The molecule has 1 N–H and O–H groups in total. The van der Waals surface area contributed by atoms with Crippen LogP contribution < -0.4 is 14.9 Å². The highest BCUT2D eigenvalue weighted by Crippen LogP contribution is 2.34. The predicted octanol–water partition coefficient (Wildman–Crippen LogP) is 7.59. The van der Waals surface area contributed by atoms with Crippen LogP contribution in [0.4, 0.5) is 0 Å². The molecule has 40 heavy (non-hydrogen) atoms. The molecule has 1 amide bonds.